The lowest BCUT2D eigenvalue weighted by atomic mass is 10.1. The van der Waals surface area contributed by atoms with Crippen molar-refractivity contribution in [3.8, 4) is 0 Å². The van der Waals surface area contributed by atoms with Crippen molar-refractivity contribution in [1.29, 1.82) is 0 Å². The molecule has 1 aromatic carbocycles. The Morgan fingerprint density at radius 3 is 2.50 bits per heavy atom. The predicted octanol–water partition coefficient (Wildman–Crippen LogP) is 5.08. The van der Waals surface area contributed by atoms with Crippen LogP contribution in [0.2, 0.25) is 0 Å². The Hall–Kier alpha value is -0.290. The molecule has 0 aliphatic heterocycles. The molecule has 0 amide bonds. The van der Waals surface area contributed by atoms with E-state index in [4.69, 9.17) is 0 Å². The summed E-state index contributed by atoms with van der Waals surface area (Å²) >= 11 is 7.18. The number of rotatable bonds is 5. The zero-order valence-corrected chi connectivity index (χ0v) is 13.7. The van der Waals surface area contributed by atoms with Crippen LogP contribution in [0.5, 0.6) is 0 Å². The highest BCUT2D eigenvalue weighted by Crippen LogP contribution is 2.29. The smallest absolute Gasteiger partial charge is 0.0701 e. The minimum Gasteiger partial charge on any atom is -0.313 e. The summed E-state index contributed by atoms with van der Waals surface area (Å²) in [5.41, 5.74) is 1.33. The maximum atomic E-state index is 3.49. The molecule has 0 saturated heterocycles. The molecule has 0 fully saturated rings. The van der Waals surface area contributed by atoms with E-state index in [1.54, 1.807) is 11.3 Å². The fourth-order valence-corrected chi connectivity index (χ4v) is 4.03. The van der Waals surface area contributed by atoms with Gasteiger partial charge in [0.05, 0.1) is 3.79 Å². The van der Waals surface area contributed by atoms with E-state index >= 15 is 0 Å². The van der Waals surface area contributed by atoms with Crippen molar-refractivity contribution < 1.29 is 0 Å². The highest BCUT2D eigenvalue weighted by molar-refractivity contribution is 9.11. The van der Waals surface area contributed by atoms with E-state index in [-0.39, 0.29) is 0 Å². The zero-order chi connectivity index (χ0) is 13.0. The standard InChI is InChI=1S/C14H16BrNS2/c1-10(16-2)11-3-5-12(6-4-11)17-9-13-7-8-14(15)18-13/h3-8,10,16H,9H2,1-2H3. The topological polar surface area (TPSA) is 12.0 Å². The molecule has 0 aliphatic carbocycles. The average molecular weight is 342 g/mol. The van der Waals surface area contributed by atoms with Crippen LogP contribution in [-0.2, 0) is 5.75 Å². The van der Waals surface area contributed by atoms with Crippen LogP contribution < -0.4 is 5.32 Å². The average Bonchev–Trinajstić information content (AvgIpc) is 2.82. The van der Waals surface area contributed by atoms with Gasteiger partial charge in [-0.3, -0.25) is 0 Å². The fourth-order valence-electron chi connectivity index (χ4n) is 1.60. The molecular formula is C14H16BrNS2. The first-order valence-corrected chi connectivity index (χ1v) is 8.43. The van der Waals surface area contributed by atoms with Gasteiger partial charge in [0.15, 0.2) is 0 Å². The molecule has 0 radical (unpaired) electrons. The molecule has 96 valence electrons. The molecular weight excluding hydrogens is 326 g/mol. The van der Waals surface area contributed by atoms with Gasteiger partial charge in [-0.15, -0.1) is 23.1 Å². The Labute approximate surface area is 125 Å². The molecule has 0 bridgehead atoms. The summed E-state index contributed by atoms with van der Waals surface area (Å²) in [6.07, 6.45) is 0. The van der Waals surface area contributed by atoms with Crippen LogP contribution in [0.15, 0.2) is 45.1 Å². The quantitative estimate of drug-likeness (QED) is 0.760. The molecule has 18 heavy (non-hydrogen) atoms. The maximum absolute atomic E-state index is 3.49. The number of hydrogen-bond acceptors (Lipinski definition) is 3. The van der Waals surface area contributed by atoms with Gasteiger partial charge < -0.3 is 5.32 Å². The van der Waals surface area contributed by atoms with Gasteiger partial charge in [-0.2, -0.15) is 0 Å². The Morgan fingerprint density at radius 1 is 1.22 bits per heavy atom. The maximum Gasteiger partial charge on any atom is 0.0701 e. The molecule has 0 spiro atoms. The van der Waals surface area contributed by atoms with E-state index in [2.05, 4.69) is 64.6 Å². The van der Waals surface area contributed by atoms with Gasteiger partial charge in [-0.25, -0.2) is 0 Å². The van der Waals surface area contributed by atoms with Crippen LogP contribution in [0.3, 0.4) is 0 Å². The van der Waals surface area contributed by atoms with Gasteiger partial charge in [0.25, 0.3) is 0 Å². The first-order valence-electron chi connectivity index (χ1n) is 5.83. The predicted molar refractivity (Wildman–Crippen MR) is 85.5 cm³/mol. The second-order valence-electron chi connectivity index (χ2n) is 4.07. The molecule has 1 aromatic heterocycles. The van der Waals surface area contributed by atoms with E-state index in [9.17, 15) is 0 Å². The number of benzene rings is 1. The second-order valence-corrected chi connectivity index (χ2v) is 7.67. The van der Waals surface area contributed by atoms with Crippen LogP contribution in [0.1, 0.15) is 23.4 Å². The van der Waals surface area contributed by atoms with Gasteiger partial charge in [0.2, 0.25) is 0 Å². The number of hydrogen-bond donors (Lipinski definition) is 1. The van der Waals surface area contributed by atoms with E-state index in [0.717, 1.165) is 5.75 Å². The third-order valence-corrected chi connectivity index (χ3v) is 5.69. The van der Waals surface area contributed by atoms with Crippen molar-refractivity contribution in [2.24, 2.45) is 0 Å². The third kappa shape index (κ3) is 3.85. The van der Waals surface area contributed by atoms with Crippen molar-refractivity contribution >= 4 is 39.0 Å². The summed E-state index contributed by atoms with van der Waals surface area (Å²) in [6.45, 7) is 2.17. The summed E-state index contributed by atoms with van der Waals surface area (Å²) in [7, 11) is 1.99. The summed E-state index contributed by atoms with van der Waals surface area (Å²) in [6, 6.07) is 13.5. The third-order valence-electron chi connectivity index (χ3n) is 2.82. The zero-order valence-electron chi connectivity index (χ0n) is 10.4. The van der Waals surface area contributed by atoms with Crippen molar-refractivity contribution in [3.63, 3.8) is 0 Å². The summed E-state index contributed by atoms with van der Waals surface area (Å²) < 4.78 is 1.20. The molecule has 0 saturated carbocycles. The van der Waals surface area contributed by atoms with Crippen LogP contribution >= 0.6 is 39.0 Å². The van der Waals surface area contributed by atoms with Gasteiger partial charge in [-0.05, 0) is 59.7 Å². The van der Waals surface area contributed by atoms with Crippen molar-refractivity contribution in [3.05, 3.63) is 50.6 Å². The Bertz CT molecular complexity index is 493. The van der Waals surface area contributed by atoms with Crippen LogP contribution in [0.4, 0.5) is 0 Å². The van der Waals surface area contributed by atoms with E-state index < -0.39 is 0 Å². The molecule has 1 atom stereocenters. The van der Waals surface area contributed by atoms with E-state index in [1.807, 2.05) is 18.8 Å². The fraction of sp³-hybridized carbons (Fsp3) is 0.286. The number of halogens is 1. The van der Waals surface area contributed by atoms with Crippen molar-refractivity contribution in [1.82, 2.24) is 5.32 Å². The summed E-state index contributed by atoms with van der Waals surface area (Å²) in [5.74, 6) is 1.04. The summed E-state index contributed by atoms with van der Waals surface area (Å²) in [5, 5.41) is 3.25. The van der Waals surface area contributed by atoms with Crippen molar-refractivity contribution in [2.75, 3.05) is 7.05 Å². The lowest BCUT2D eigenvalue weighted by Crippen LogP contribution is -2.11. The number of thiophene rings is 1. The molecule has 2 aromatic rings. The highest BCUT2D eigenvalue weighted by Gasteiger charge is 2.03. The minimum absolute atomic E-state index is 0.414. The first-order chi connectivity index (χ1) is 8.69. The number of thioether (sulfide) groups is 1. The minimum atomic E-state index is 0.414. The second kappa shape index (κ2) is 6.75. The summed E-state index contributed by atoms with van der Waals surface area (Å²) in [4.78, 5) is 2.73. The molecule has 0 aliphatic rings. The SMILES string of the molecule is CNC(C)c1ccc(SCc2ccc(Br)s2)cc1. The van der Waals surface area contributed by atoms with Gasteiger partial charge in [-0.1, -0.05) is 12.1 Å². The molecule has 2 rings (SSSR count). The van der Waals surface area contributed by atoms with Gasteiger partial charge in [0.1, 0.15) is 0 Å². The first kappa shape index (κ1) is 14.1. The van der Waals surface area contributed by atoms with Crippen molar-refractivity contribution in [2.45, 2.75) is 23.6 Å². The molecule has 1 unspecified atom stereocenters. The molecule has 1 heterocycles. The van der Waals surface area contributed by atoms with Gasteiger partial charge in [0, 0.05) is 21.6 Å². The lowest BCUT2D eigenvalue weighted by molar-refractivity contribution is 0.652. The van der Waals surface area contributed by atoms with E-state index in [0.29, 0.717) is 6.04 Å². The molecule has 1 N–H and O–H groups in total. The Morgan fingerprint density at radius 2 is 1.94 bits per heavy atom. The van der Waals surface area contributed by atoms with E-state index in [1.165, 1.54) is 19.1 Å². The Balaban J connectivity index is 1.94. The molecule has 4 heteroatoms. The van der Waals surface area contributed by atoms with Crippen LogP contribution in [-0.4, -0.2) is 7.05 Å². The highest BCUT2D eigenvalue weighted by atomic mass is 79.9. The lowest BCUT2D eigenvalue weighted by Gasteiger charge is -2.10. The molecule has 1 nitrogen and oxygen atoms in total. The monoisotopic (exact) mass is 341 g/mol. The van der Waals surface area contributed by atoms with Crippen LogP contribution in [0, 0.1) is 0 Å². The largest absolute Gasteiger partial charge is 0.313 e. The van der Waals surface area contributed by atoms with Gasteiger partial charge >= 0.3 is 0 Å². The number of nitrogens with one attached hydrogen (secondary N) is 1. The van der Waals surface area contributed by atoms with Crippen LogP contribution in [0.25, 0.3) is 0 Å². The Kier molecular flexibility index (Phi) is 5.30. The normalized spacial score (nSPS) is 12.6.